The molecule has 0 bridgehead atoms. The Hall–Kier alpha value is -1.38. The molecule has 1 amide bonds. The van der Waals surface area contributed by atoms with E-state index < -0.39 is 0 Å². The van der Waals surface area contributed by atoms with Crippen LogP contribution in [-0.2, 0) is 4.79 Å². The quantitative estimate of drug-likeness (QED) is 0.781. The number of anilines is 1. The average molecular weight is 218 g/mol. The Kier molecular flexibility index (Phi) is 3.22. The molecule has 2 rings (SSSR count). The molecular weight excluding hydrogens is 200 g/mol. The summed E-state index contributed by atoms with van der Waals surface area (Å²) in [6.45, 7) is 5.16. The predicted octanol–water partition coefficient (Wildman–Crippen LogP) is 2.72. The standard InChI is InChI=1S/C13H18N2O/c1-3-10(2)12-7-6-11(9-14-12)15-8-4-5-13(15)16/h6-7,9-10H,3-5,8H2,1-2H3. The molecule has 1 unspecified atom stereocenters. The van der Waals surface area contributed by atoms with Crippen molar-refractivity contribution in [3.8, 4) is 0 Å². The fourth-order valence-corrected chi connectivity index (χ4v) is 1.98. The van der Waals surface area contributed by atoms with Crippen LogP contribution in [0.1, 0.15) is 44.7 Å². The molecule has 1 atom stereocenters. The highest BCUT2D eigenvalue weighted by Gasteiger charge is 2.21. The molecule has 0 spiro atoms. The molecule has 0 aromatic carbocycles. The van der Waals surface area contributed by atoms with E-state index in [1.165, 1.54) is 0 Å². The van der Waals surface area contributed by atoms with Gasteiger partial charge in [0.2, 0.25) is 5.91 Å². The van der Waals surface area contributed by atoms with Crippen LogP contribution in [0.2, 0.25) is 0 Å². The van der Waals surface area contributed by atoms with Gasteiger partial charge >= 0.3 is 0 Å². The molecule has 1 fully saturated rings. The maximum Gasteiger partial charge on any atom is 0.227 e. The van der Waals surface area contributed by atoms with Gasteiger partial charge in [0.05, 0.1) is 11.9 Å². The minimum absolute atomic E-state index is 0.220. The third-order valence-corrected chi connectivity index (χ3v) is 3.27. The molecule has 3 heteroatoms. The summed E-state index contributed by atoms with van der Waals surface area (Å²) in [5.41, 5.74) is 2.05. The number of hydrogen-bond donors (Lipinski definition) is 0. The maximum atomic E-state index is 11.5. The van der Waals surface area contributed by atoms with Gasteiger partial charge in [-0.25, -0.2) is 0 Å². The van der Waals surface area contributed by atoms with Gasteiger partial charge in [-0.3, -0.25) is 9.78 Å². The summed E-state index contributed by atoms with van der Waals surface area (Å²) in [6.07, 6.45) is 4.55. The van der Waals surface area contributed by atoms with Gasteiger partial charge in [-0.05, 0) is 30.9 Å². The van der Waals surface area contributed by atoms with Gasteiger partial charge in [0.1, 0.15) is 0 Å². The molecule has 86 valence electrons. The lowest BCUT2D eigenvalue weighted by atomic mass is 10.0. The van der Waals surface area contributed by atoms with Crippen LogP contribution in [-0.4, -0.2) is 17.4 Å². The van der Waals surface area contributed by atoms with Crippen LogP contribution in [0.15, 0.2) is 18.3 Å². The van der Waals surface area contributed by atoms with E-state index in [2.05, 4.69) is 18.8 Å². The van der Waals surface area contributed by atoms with E-state index in [0.717, 1.165) is 30.8 Å². The Morgan fingerprint density at radius 3 is 2.81 bits per heavy atom. The van der Waals surface area contributed by atoms with Crippen molar-refractivity contribution in [2.75, 3.05) is 11.4 Å². The number of nitrogens with zero attached hydrogens (tertiary/aromatic N) is 2. The number of aromatic nitrogens is 1. The lowest BCUT2D eigenvalue weighted by Crippen LogP contribution is -2.23. The van der Waals surface area contributed by atoms with Crippen LogP contribution in [0.4, 0.5) is 5.69 Å². The average Bonchev–Trinajstić information content (AvgIpc) is 2.75. The number of pyridine rings is 1. The monoisotopic (exact) mass is 218 g/mol. The van der Waals surface area contributed by atoms with Gasteiger partial charge in [0, 0.05) is 18.7 Å². The Labute approximate surface area is 96.5 Å². The van der Waals surface area contributed by atoms with Crippen LogP contribution in [0, 0.1) is 0 Å². The number of amides is 1. The van der Waals surface area contributed by atoms with Crippen LogP contribution in [0.3, 0.4) is 0 Å². The summed E-state index contributed by atoms with van der Waals surface area (Å²) in [5.74, 6) is 0.710. The Bertz CT molecular complexity index is 372. The third kappa shape index (κ3) is 2.08. The topological polar surface area (TPSA) is 33.2 Å². The van der Waals surface area contributed by atoms with Crippen molar-refractivity contribution < 1.29 is 4.79 Å². The first-order valence-corrected chi connectivity index (χ1v) is 5.98. The summed E-state index contributed by atoms with van der Waals surface area (Å²) in [5, 5.41) is 0. The van der Waals surface area contributed by atoms with Crippen LogP contribution >= 0.6 is 0 Å². The van der Waals surface area contributed by atoms with E-state index in [1.807, 2.05) is 23.2 Å². The largest absolute Gasteiger partial charge is 0.311 e. The number of hydrogen-bond acceptors (Lipinski definition) is 2. The highest BCUT2D eigenvalue weighted by Crippen LogP contribution is 2.23. The zero-order chi connectivity index (χ0) is 11.5. The molecule has 1 aromatic rings. The molecule has 3 nitrogen and oxygen atoms in total. The van der Waals surface area contributed by atoms with Gasteiger partial charge in [0.15, 0.2) is 0 Å². The molecule has 0 N–H and O–H groups in total. The number of rotatable bonds is 3. The zero-order valence-corrected chi connectivity index (χ0v) is 9.94. The van der Waals surface area contributed by atoms with Crippen molar-refractivity contribution in [1.29, 1.82) is 0 Å². The van der Waals surface area contributed by atoms with Gasteiger partial charge in [-0.1, -0.05) is 13.8 Å². The van der Waals surface area contributed by atoms with E-state index in [-0.39, 0.29) is 5.91 Å². The first-order chi connectivity index (χ1) is 7.72. The minimum Gasteiger partial charge on any atom is -0.311 e. The lowest BCUT2D eigenvalue weighted by Gasteiger charge is -2.16. The number of carbonyl (C=O) groups excluding carboxylic acids is 1. The van der Waals surface area contributed by atoms with Crippen molar-refractivity contribution in [3.05, 3.63) is 24.0 Å². The molecular formula is C13H18N2O. The fourth-order valence-electron chi connectivity index (χ4n) is 1.98. The van der Waals surface area contributed by atoms with Gasteiger partial charge in [-0.15, -0.1) is 0 Å². The smallest absolute Gasteiger partial charge is 0.227 e. The Balaban J connectivity index is 2.15. The van der Waals surface area contributed by atoms with E-state index in [4.69, 9.17) is 0 Å². The van der Waals surface area contributed by atoms with E-state index in [1.54, 1.807) is 0 Å². The SMILES string of the molecule is CCC(C)c1ccc(N2CCCC2=O)cn1. The Morgan fingerprint density at radius 2 is 2.31 bits per heavy atom. The summed E-state index contributed by atoms with van der Waals surface area (Å²) >= 11 is 0. The lowest BCUT2D eigenvalue weighted by molar-refractivity contribution is -0.117. The van der Waals surface area contributed by atoms with Gasteiger partial charge in [-0.2, -0.15) is 0 Å². The maximum absolute atomic E-state index is 11.5. The second kappa shape index (κ2) is 4.64. The van der Waals surface area contributed by atoms with Crippen LogP contribution in [0.5, 0.6) is 0 Å². The summed E-state index contributed by atoms with van der Waals surface area (Å²) < 4.78 is 0. The first-order valence-electron chi connectivity index (χ1n) is 5.98. The molecule has 1 aliphatic rings. The number of carbonyl (C=O) groups is 1. The fraction of sp³-hybridized carbons (Fsp3) is 0.538. The second-order valence-electron chi connectivity index (χ2n) is 4.40. The molecule has 2 heterocycles. The third-order valence-electron chi connectivity index (χ3n) is 3.27. The predicted molar refractivity (Wildman–Crippen MR) is 64.5 cm³/mol. The molecule has 1 aromatic heterocycles. The van der Waals surface area contributed by atoms with Crippen LogP contribution in [0.25, 0.3) is 0 Å². The molecule has 1 aliphatic heterocycles. The first kappa shape index (κ1) is 11.1. The highest BCUT2D eigenvalue weighted by atomic mass is 16.2. The minimum atomic E-state index is 0.220. The van der Waals surface area contributed by atoms with Gasteiger partial charge in [0.25, 0.3) is 0 Å². The van der Waals surface area contributed by atoms with Crippen molar-refractivity contribution in [3.63, 3.8) is 0 Å². The van der Waals surface area contributed by atoms with Crippen molar-refractivity contribution in [2.45, 2.75) is 39.0 Å². The van der Waals surface area contributed by atoms with Gasteiger partial charge < -0.3 is 4.90 Å². The van der Waals surface area contributed by atoms with Crippen molar-refractivity contribution in [2.24, 2.45) is 0 Å². The molecule has 0 aliphatic carbocycles. The normalized spacial score (nSPS) is 17.9. The van der Waals surface area contributed by atoms with E-state index in [0.29, 0.717) is 12.3 Å². The van der Waals surface area contributed by atoms with E-state index in [9.17, 15) is 4.79 Å². The zero-order valence-electron chi connectivity index (χ0n) is 9.94. The summed E-state index contributed by atoms with van der Waals surface area (Å²) in [4.78, 5) is 17.8. The van der Waals surface area contributed by atoms with Crippen molar-refractivity contribution in [1.82, 2.24) is 4.98 Å². The molecule has 0 radical (unpaired) electrons. The van der Waals surface area contributed by atoms with E-state index >= 15 is 0 Å². The Morgan fingerprint density at radius 1 is 1.50 bits per heavy atom. The highest BCUT2D eigenvalue weighted by molar-refractivity contribution is 5.95. The summed E-state index contributed by atoms with van der Waals surface area (Å²) in [7, 11) is 0. The van der Waals surface area contributed by atoms with Crippen molar-refractivity contribution >= 4 is 11.6 Å². The summed E-state index contributed by atoms with van der Waals surface area (Å²) in [6, 6.07) is 4.05. The molecule has 1 saturated heterocycles. The van der Waals surface area contributed by atoms with Crippen LogP contribution < -0.4 is 4.90 Å². The molecule has 0 saturated carbocycles. The second-order valence-corrected chi connectivity index (χ2v) is 4.40. The molecule has 16 heavy (non-hydrogen) atoms.